The minimum Gasteiger partial charge on any atom is -0.311 e. The molecule has 200 valence electrons. The number of hydrogen-bond acceptors (Lipinski definition) is 3. The molecule has 0 spiro atoms. The molecule has 2 nitrogen and oxygen atoms in total. The zero-order valence-electron chi connectivity index (χ0n) is 23.7. The van der Waals surface area contributed by atoms with Crippen LogP contribution in [0, 0.1) is 13.8 Å². The second kappa shape index (κ2) is 10.0. The summed E-state index contributed by atoms with van der Waals surface area (Å²) in [4.78, 5) is 7.45. The lowest BCUT2D eigenvalue weighted by Gasteiger charge is -2.40. The maximum atomic E-state index is 2.45. The lowest BCUT2D eigenvalue weighted by molar-refractivity contribution is 1.25. The first kappa shape index (κ1) is 25.1. The van der Waals surface area contributed by atoms with E-state index in [4.69, 9.17) is 0 Å². The molecule has 0 N–H and O–H groups in total. The van der Waals surface area contributed by atoms with Crippen molar-refractivity contribution in [2.24, 2.45) is 0 Å². The van der Waals surface area contributed by atoms with E-state index < -0.39 is 0 Å². The Morgan fingerprint density at radius 2 is 1.21 bits per heavy atom. The van der Waals surface area contributed by atoms with Gasteiger partial charge < -0.3 is 9.80 Å². The molecule has 42 heavy (non-hydrogen) atoms. The molecule has 2 aliphatic rings. The molecular weight excluding hydrogens is 527 g/mol. The highest BCUT2D eigenvalue weighted by Gasteiger charge is 2.40. The maximum absolute atomic E-state index is 2.45. The fourth-order valence-electron chi connectivity index (χ4n) is 6.50. The van der Waals surface area contributed by atoms with Crippen LogP contribution in [-0.4, -0.2) is 6.71 Å². The molecule has 2 heterocycles. The van der Waals surface area contributed by atoms with E-state index in [2.05, 4.69) is 163 Å². The molecule has 2 aliphatic heterocycles. The molecule has 6 aromatic rings. The molecule has 0 radical (unpaired) electrons. The van der Waals surface area contributed by atoms with Gasteiger partial charge in [-0.2, -0.15) is 0 Å². The summed E-state index contributed by atoms with van der Waals surface area (Å²) in [6.07, 6.45) is 0. The number of fused-ring (bicyclic) bond motifs is 4. The molecule has 8 rings (SSSR count). The summed E-state index contributed by atoms with van der Waals surface area (Å²) in [7, 11) is 0. The molecule has 0 bridgehead atoms. The predicted octanol–water partition coefficient (Wildman–Crippen LogP) is 8.54. The Morgan fingerprint density at radius 3 is 1.93 bits per heavy atom. The van der Waals surface area contributed by atoms with Crippen molar-refractivity contribution >= 4 is 69.0 Å². The number of nitrogens with zero attached hydrogens (tertiary/aromatic N) is 2. The number of rotatable bonds is 4. The highest BCUT2D eigenvalue weighted by molar-refractivity contribution is 8.00. The summed E-state index contributed by atoms with van der Waals surface area (Å²) in [5.41, 5.74) is 13.9. The van der Waals surface area contributed by atoms with Gasteiger partial charge in [0, 0.05) is 43.9 Å². The standard InChI is InChI=1S/C38H29BN2S/c1-26-16-19-30(20-17-26)41-34-23-18-27(2)24-33(34)39-32-22-21-31(25-37(32)42-36-15-9-14-35(41)38(36)39)40(28-10-5-3-6-11-28)29-12-7-4-8-13-29/h3-25H,1-2H3. The van der Waals surface area contributed by atoms with Crippen LogP contribution in [0.3, 0.4) is 0 Å². The Hall–Kier alpha value is -4.67. The van der Waals surface area contributed by atoms with Crippen LogP contribution in [0.2, 0.25) is 0 Å². The number of para-hydroxylation sites is 2. The van der Waals surface area contributed by atoms with E-state index in [0.29, 0.717) is 0 Å². The smallest absolute Gasteiger partial charge is 0.249 e. The van der Waals surface area contributed by atoms with Crippen molar-refractivity contribution in [3.63, 3.8) is 0 Å². The van der Waals surface area contributed by atoms with E-state index in [9.17, 15) is 0 Å². The van der Waals surface area contributed by atoms with Gasteiger partial charge in [0.1, 0.15) is 0 Å². The summed E-state index contributed by atoms with van der Waals surface area (Å²) in [6, 6.07) is 51.0. The Balaban J connectivity index is 1.32. The quantitative estimate of drug-likeness (QED) is 0.201. The Labute approximate surface area is 252 Å². The second-order valence-corrected chi connectivity index (χ2v) is 12.3. The highest BCUT2D eigenvalue weighted by atomic mass is 32.2. The summed E-state index contributed by atoms with van der Waals surface area (Å²) in [5, 5.41) is 0. The van der Waals surface area contributed by atoms with Crippen molar-refractivity contribution in [3.05, 3.63) is 151 Å². The third-order valence-corrected chi connectivity index (χ3v) is 9.56. The highest BCUT2D eigenvalue weighted by Crippen LogP contribution is 2.43. The lowest BCUT2D eigenvalue weighted by atomic mass is 9.35. The Bertz CT molecular complexity index is 1900. The van der Waals surface area contributed by atoms with E-state index in [1.54, 1.807) is 0 Å². The van der Waals surface area contributed by atoms with Crippen LogP contribution in [0.1, 0.15) is 11.1 Å². The molecule has 0 atom stereocenters. The van der Waals surface area contributed by atoms with Crippen LogP contribution < -0.4 is 26.2 Å². The van der Waals surface area contributed by atoms with Gasteiger partial charge >= 0.3 is 0 Å². The van der Waals surface area contributed by atoms with Gasteiger partial charge in [-0.05, 0) is 91.5 Å². The van der Waals surface area contributed by atoms with Crippen molar-refractivity contribution in [2.45, 2.75) is 23.6 Å². The van der Waals surface area contributed by atoms with Crippen LogP contribution in [-0.2, 0) is 0 Å². The fourth-order valence-corrected chi connectivity index (χ4v) is 7.70. The Kier molecular flexibility index (Phi) is 5.97. The van der Waals surface area contributed by atoms with E-state index in [-0.39, 0.29) is 6.71 Å². The van der Waals surface area contributed by atoms with Crippen molar-refractivity contribution in [3.8, 4) is 0 Å². The first-order valence-electron chi connectivity index (χ1n) is 14.5. The van der Waals surface area contributed by atoms with Gasteiger partial charge in [0.05, 0.1) is 0 Å². The lowest BCUT2D eigenvalue weighted by Crippen LogP contribution is -2.59. The van der Waals surface area contributed by atoms with Gasteiger partial charge in [-0.3, -0.25) is 0 Å². The molecule has 0 unspecified atom stereocenters. The zero-order chi connectivity index (χ0) is 28.2. The molecule has 0 fully saturated rings. The molecule has 0 aliphatic carbocycles. The van der Waals surface area contributed by atoms with E-state index in [1.165, 1.54) is 60.1 Å². The van der Waals surface area contributed by atoms with Crippen LogP contribution in [0.5, 0.6) is 0 Å². The molecule has 0 saturated carbocycles. The third-order valence-electron chi connectivity index (χ3n) is 8.41. The minimum atomic E-state index is 0.181. The zero-order valence-corrected chi connectivity index (χ0v) is 24.5. The predicted molar refractivity (Wildman–Crippen MR) is 181 cm³/mol. The average molecular weight is 557 g/mol. The van der Waals surface area contributed by atoms with Crippen LogP contribution in [0.25, 0.3) is 0 Å². The molecule has 0 saturated heterocycles. The van der Waals surface area contributed by atoms with Gasteiger partial charge in [-0.1, -0.05) is 101 Å². The molecule has 4 heteroatoms. The van der Waals surface area contributed by atoms with Crippen molar-refractivity contribution in [1.82, 2.24) is 0 Å². The molecular formula is C38H29BN2S. The van der Waals surface area contributed by atoms with Gasteiger partial charge in [0.15, 0.2) is 0 Å². The normalized spacial score (nSPS) is 12.8. The number of anilines is 6. The summed E-state index contributed by atoms with van der Waals surface area (Å²) < 4.78 is 0. The Morgan fingerprint density at radius 1 is 0.524 bits per heavy atom. The van der Waals surface area contributed by atoms with Gasteiger partial charge in [-0.15, -0.1) is 0 Å². The SMILES string of the molecule is Cc1ccc(N2c3ccc(C)cc3B3c4ccc(N(c5ccccc5)c5ccccc5)cc4Sc4cccc2c43)cc1. The van der Waals surface area contributed by atoms with E-state index in [1.807, 2.05) is 11.8 Å². The van der Waals surface area contributed by atoms with Gasteiger partial charge in [0.2, 0.25) is 6.71 Å². The fraction of sp³-hybridized carbons (Fsp3) is 0.0526. The van der Waals surface area contributed by atoms with Crippen molar-refractivity contribution < 1.29 is 0 Å². The maximum Gasteiger partial charge on any atom is 0.249 e. The van der Waals surface area contributed by atoms with Crippen LogP contribution >= 0.6 is 11.8 Å². The topological polar surface area (TPSA) is 6.48 Å². The third kappa shape index (κ3) is 4.06. The molecule has 0 amide bonds. The van der Waals surface area contributed by atoms with E-state index in [0.717, 1.165) is 11.4 Å². The van der Waals surface area contributed by atoms with Crippen LogP contribution in [0.4, 0.5) is 34.1 Å². The van der Waals surface area contributed by atoms with Crippen molar-refractivity contribution in [1.29, 1.82) is 0 Å². The second-order valence-electron chi connectivity index (χ2n) is 11.2. The number of benzene rings is 6. The summed E-state index contributed by atoms with van der Waals surface area (Å²) in [5.74, 6) is 0. The number of aryl methyl sites for hydroxylation is 2. The molecule has 0 aromatic heterocycles. The van der Waals surface area contributed by atoms with E-state index >= 15 is 0 Å². The van der Waals surface area contributed by atoms with Crippen LogP contribution in [0.15, 0.2) is 149 Å². The minimum absolute atomic E-state index is 0.181. The summed E-state index contributed by atoms with van der Waals surface area (Å²) >= 11 is 1.90. The molecule has 6 aromatic carbocycles. The van der Waals surface area contributed by atoms with Gasteiger partial charge in [0.25, 0.3) is 0 Å². The first-order chi connectivity index (χ1) is 20.7. The monoisotopic (exact) mass is 556 g/mol. The summed E-state index contributed by atoms with van der Waals surface area (Å²) in [6.45, 7) is 4.54. The number of hydrogen-bond donors (Lipinski definition) is 0. The largest absolute Gasteiger partial charge is 0.311 e. The average Bonchev–Trinajstić information content (AvgIpc) is 3.03. The van der Waals surface area contributed by atoms with Crippen molar-refractivity contribution in [2.75, 3.05) is 9.80 Å². The van der Waals surface area contributed by atoms with Gasteiger partial charge in [-0.25, -0.2) is 0 Å². The first-order valence-corrected chi connectivity index (χ1v) is 15.3.